The highest BCUT2D eigenvalue weighted by molar-refractivity contribution is 8.00. The van der Waals surface area contributed by atoms with E-state index in [1.54, 1.807) is 25.1 Å². The number of aryl methyl sites for hydroxylation is 1. The molecule has 0 fully saturated rings. The molecule has 1 amide bonds. The van der Waals surface area contributed by atoms with Crippen LogP contribution in [-0.2, 0) is 14.8 Å². The van der Waals surface area contributed by atoms with Crippen molar-refractivity contribution in [1.29, 1.82) is 0 Å². The third kappa shape index (κ3) is 5.77. The average Bonchev–Trinajstić information content (AvgIpc) is 3.36. The molecule has 0 aliphatic carbocycles. The van der Waals surface area contributed by atoms with Gasteiger partial charge in [0.25, 0.3) is 15.6 Å². The minimum absolute atomic E-state index is 0.000176. The Morgan fingerprint density at radius 1 is 1.02 bits per heavy atom. The number of carbonyl (C=O) groups is 1. The third-order valence-electron chi connectivity index (χ3n) is 5.97. The van der Waals surface area contributed by atoms with Gasteiger partial charge in [-0.1, -0.05) is 54.2 Å². The van der Waals surface area contributed by atoms with Crippen LogP contribution in [0.3, 0.4) is 0 Å². The van der Waals surface area contributed by atoms with Crippen molar-refractivity contribution in [2.75, 3.05) is 10.0 Å². The fourth-order valence-corrected chi connectivity index (χ4v) is 6.01. The third-order valence-corrected chi connectivity index (χ3v) is 8.66. The lowest BCUT2D eigenvalue weighted by molar-refractivity contribution is -0.115. The molecule has 5 rings (SSSR count). The number of hydrogen-bond acceptors (Lipinski definition) is 8. The first-order valence-corrected chi connectivity index (χ1v) is 14.7. The number of para-hydroxylation sites is 2. The number of sulfonamides is 1. The zero-order valence-corrected chi connectivity index (χ0v) is 23.2. The average molecular weight is 576 g/mol. The van der Waals surface area contributed by atoms with Crippen molar-refractivity contribution in [3.05, 3.63) is 101 Å². The summed E-state index contributed by atoms with van der Waals surface area (Å²) in [6, 6.07) is 23.5. The second-order valence-electron chi connectivity index (χ2n) is 8.84. The van der Waals surface area contributed by atoms with Crippen molar-refractivity contribution in [3.8, 4) is 5.69 Å². The molecular weight excluding hydrogens is 550 g/mol. The van der Waals surface area contributed by atoms with Crippen LogP contribution in [0.25, 0.3) is 16.6 Å². The van der Waals surface area contributed by atoms with Gasteiger partial charge in [-0.2, -0.15) is 0 Å². The van der Waals surface area contributed by atoms with E-state index in [2.05, 4.69) is 15.2 Å². The van der Waals surface area contributed by atoms with E-state index in [0.717, 1.165) is 0 Å². The summed E-state index contributed by atoms with van der Waals surface area (Å²) in [6.07, 6.45) is 0.460. The van der Waals surface area contributed by atoms with Crippen LogP contribution < -0.4 is 15.6 Å². The van der Waals surface area contributed by atoms with Crippen molar-refractivity contribution in [2.24, 2.45) is 0 Å². The van der Waals surface area contributed by atoms with Gasteiger partial charge in [-0.15, -0.1) is 0 Å². The highest BCUT2D eigenvalue weighted by atomic mass is 32.2. The minimum atomic E-state index is -3.89. The lowest BCUT2D eigenvalue weighted by atomic mass is 10.2. The van der Waals surface area contributed by atoms with Crippen LogP contribution >= 0.6 is 11.8 Å². The molecule has 0 spiro atoms. The molecule has 2 heterocycles. The molecule has 1 unspecified atom stereocenters. The summed E-state index contributed by atoms with van der Waals surface area (Å²) >= 11 is 1.20. The molecule has 0 aliphatic heterocycles. The summed E-state index contributed by atoms with van der Waals surface area (Å²) in [5, 5.41) is 6.78. The van der Waals surface area contributed by atoms with Crippen LogP contribution in [0, 0.1) is 6.92 Å². The van der Waals surface area contributed by atoms with Gasteiger partial charge in [0.15, 0.2) is 11.0 Å². The van der Waals surface area contributed by atoms with Crippen LogP contribution in [0.4, 0.5) is 11.5 Å². The van der Waals surface area contributed by atoms with E-state index in [0.29, 0.717) is 39.6 Å². The van der Waals surface area contributed by atoms with Gasteiger partial charge < -0.3 is 9.84 Å². The van der Waals surface area contributed by atoms with Gasteiger partial charge in [0, 0.05) is 11.8 Å². The molecule has 3 aromatic carbocycles. The summed E-state index contributed by atoms with van der Waals surface area (Å²) < 4.78 is 34.1. The SMILES string of the molecule is CCC(Sc1nc2ccccc2c(=O)n1-c1ccccc1)C(=O)Nc1ccc(S(=O)(=O)Nc2cc(C)on2)cc1. The Hall–Kier alpha value is -4.42. The van der Waals surface area contributed by atoms with Crippen molar-refractivity contribution in [1.82, 2.24) is 14.7 Å². The summed E-state index contributed by atoms with van der Waals surface area (Å²) in [7, 11) is -3.89. The van der Waals surface area contributed by atoms with Gasteiger partial charge in [-0.3, -0.25) is 18.9 Å². The number of nitrogens with one attached hydrogen (secondary N) is 2. The number of benzene rings is 3. The lowest BCUT2D eigenvalue weighted by Gasteiger charge is -2.18. The normalized spacial score (nSPS) is 12.2. The zero-order valence-electron chi connectivity index (χ0n) is 21.6. The predicted molar refractivity (Wildman–Crippen MR) is 154 cm³/mol. The highest BCUT2D eigenvalue weighted by Crippen LogP contribution is 2.28. The fourth-order valence-electron chi connectivity index (χ4n) is 4.00. The summed E-state index contributed by atoms with van der Waals surface area (Å²) in [4.78, 5) is 31.5. The first-order valence-electron chi connectivity index (χ1n) is 12.4. The molecule has 5 aromatic rings. The van der Waals surface area contributed by atoms with Crippen molar-refractivity contribution >= 4 is 50.1 Å². The molecule has 1 atom stereocenters. The molecule has 2 aromatic heterocycles. The second kappa shape index (κ2) is 11.4. The number of rotatable bonds is 9. The van der Waals surface area contributed by atoms with Crippen molar-refractivity contribution < 1.29 is 17.7 Å². The summed E-state index contributed by atoms with van der Waals surface area (Å²) in [6.45, 7) is 3.52. The largest absolute Gasteiger partial charge is 0.360 e. The molecule has 0 saturated carbocycles. The van der Waals surface area contributed by atoms with Crippen LogP contribution in [0.1, 0.15) is 19.1 Å². The van der Waals surface area contributed by atoms with Crippen molar-refractivity contribution in [2.45, 2.75) is 35.6 Å². The maximum absolute atomic E-state index is 13.5. The van der Waals surface area contributed by atoms with Crippen LogP contribution in [0.15, 0.2) is 104 Å². The fraction of sp³-hybridized carbons (Fsp3) is 0.143. The van der Waals surface area contributed by atoms with Crippen LogP contribution in [-0.4, -0.2) is 34.3 Å². The Kier molecular flexibility index (Phi) is 7.71. The number of aromatic nitrogens is 3. The standard InChI is InChI=1S/C28H25N5O5S2/c1-3-24(26(34)29-19-13-15-21(16-14-19)40(36,37)32-25-17-18(2)38-31-25)39-28-30-23-12-8-7-11-22(23)27(35)33(28)20-9-5-4-6-10-20/h4-17,24H,3H2,1-2H3,(H,29,34)(H,31,32). The quantitative estimate of drug-likeness (QED) is 0.185. The molecule has 0 aliphatic rings. The molecule has 0 bridgehead atoms. The molecule has 0 radical (unpaired) electrons. The monoisotopic (exact) mass is 575 g/mol. The Morgan fingerprint density at radius 2 is 1.73 bits per heavy atom. The number of thioether (sulfide) groups is 1. The molecule has 0 saturated heterocycles. The zero-order chi connectivity index (χ0) is 28.3. The maximum Gasteiger partial charge on any atom is 0.266 e. The Balaban J connectivity index is 1.37. The van der Waals surface area contributed by atoms with E-state index in [9.17, 15) is 18.0 Å². The van der Waals surface area contributed by atoms with Gasteiger partial charge in [0.2, 0.25) is 5.91 Å². The van der Waals surface area contributed by atoms with Gasteiger partial charge >= 0.3 is 0 Å². The number of fused-ring (bicyclic) bond motifs is 1. The summed E-state index contributed by atoms with van der Waals surface area (Å²) in [5.41, 5.74) is 1.39. The van der Waals surface area contributed by atoms with Gasteiger partial charge in [-0.05, 0) is 61.9 Å². The Morgan fingerprint density at radius 3 is 2.40 bits per heavy atom. The summed E-state index contributed by atoms with van der Waals surface area (Å²) in [5.74, 6) is 0.244. The Labute approximate surface area is 234 Å². The number of nitrogens with zero attached hydrogens (tertiary/aromatic N) is 3. The molecule has 2 N–H and O–H groups in total. The van der Waals surface area contributed by atoms with E-state index < -0.39 is 15.3 Å². The first kappa shape index (κ1) is 27.2. The molecule has 10 nitrogen and oxygen atoms in total. The van der Waals surface area contributed by atoms with Gasteiger partial charge in [0.1, 0.15) is 5.76 Å². The molecule has 40 heavy (non-hydrogen) atoms. The number of anilines is 2. The number of hydrogen-bond donors (Lipinski definition) is 2. The lowest BCUT2D eigenvalue weighted by Crippen LogP contribution is -2.27. The van der Waals surface area contributed by atoms with E-state index >= 15 is 0 Å². The van der Waals surface area contributed by atoms with E-state index in [1.165, 1.54) is 46.7 Å². The minimum Gasteiger partial charge on any atom is -0.360 e. The maximum atomic E-state index is 13.5. The Bertz CT molecular complexity index is 1840. The number of amides is 1. The number of carbonyl (C=O) groups excluding carboxylic acids is 1. The van der Waals surface area contributed by atoms with Gasteiger partial charge in [0.05, 0.1) is 26.7 Å². The predicted octanol–water partition coefficient (Wildman–Crippen LogP) is 4.99. The first-order chi connectivity index (χ1) is 19.2. The smallest absolute Gasteiger partial charge is 0.266 e. The van der Waals surface area contributed by atoms with Gasteiger partial charge in [-0.25, -0.2) is 13.4 Å². The molecule has 12 heteroatoms. The van der Waals surface area contributed by atoms with Crippen molar-refractivity contribution in [3.63, 3.8) is 0 Å². The van der Waals surface area contributed by atoms with E-state index in [1.807, 2.05) is 43.3 Å². The molecular formula is C28H25N5O5S2. The molecule has 204 valence electrons. The topological polar surface area (TPSA) is 136 Å². The van der Waals surface area contributed by atoms with Crippen LogP contribution in [0.2, 0.25) is 0 Å². The second-order valence-corrected chi connectivity index (χ2v) is 11.7. The van der Waals surface area contributed by atoms with Crippen LogP contribution in [0.5, 0.6) is 0 Å². The van der Waals surface area contributed by atoms with E-state index in [4.69, 9.17) is 9.51 Å². The highest BCUT2D eigenvalue weighted by Gasteiger charge is 2.23. The van der Waals surface area contributed by atoms with E-state index in [-0.39, 0.29) is 22.2 Å².